The average Bonchev–Trinajstić information content (AvgIpc) is 3.56. The molecule has 0 bridgehead atoms. The molecule has 1 aromatic heterocycles. The first-order valence-electron chi connectivity index (χ1n) is 12.7. The Labute approximate surface area is 220 Å². The molecule has 1 spiro atoms. The highest BCUT2D eigenvalue weighted by molar-refractivity contribution is 6.10. The topological polar surface area (TPSA) is 90.6 Å². The number of alkyl halides is 3. The van der Waals surface area contributed by atoms with Crippen LogP contribution in [-0.2, 0) is 27.5 Å². The predicted octanol–water partition coefficient (Wildman–Crippen LogP) is 3.74. The fraction of sp³-hybridized carbons (Fsp3) is 0.357. The molecule has 202 valence electrons. The van der Waals surface area contributed by atoms with Crippen LogP contribution >= 0.6 is 0 Å². The monoisotopic (exact) mass is 539 g/mol. The Kier molecular flexibility index (Phi) is 5.43. The summed E-state index contributed by atoms with van der Waals surface area (Å²) >= 11 is 0. The Morgan fingerprint density at radius 1 is 1.13 bits per heavy atom. The zero-order valence-corrected chi connectivity index (χ0v) is 21.2. The molecule has 1 aliphatic heterocycles. The van der Waals surface area contributed by atoms with E-state index in [1.807, 2.05) is 0 Å². The first kappa shape index (κ1) is 25.1. The number of esters is 1. The Hall–Kier alpha value is -4.15. The van der Waals surface area contributed by atoms with Gasteiger partial charge in [-0.15, -0.1) is 0 Å². The van der Waals surface area contributed by atoms with Gasteiger partial charge in [0.25, 0.3) is 5.56 Å². The molecule has 3 aliphatic rings. The molecule has 1 saturated carbocycles. The van der Waals surface area contributed by atoms with Crippen LogP contribution < -0.4 is 16.1 Å². The maximum Gasteiger partial charge on any atom is 0.416 e. The van der Waals surface area contributed by atoms with E-state index in [2.05, 4.69) is 0 Å². The number of amides is 1. The third kappa shape index (κ3) is 3.59. The molecule has 0 N–H and O–H groups in total. The quantitative estimate of drug-likeness (QED) is 0.472. The van der Waals surface area contributed by atoms with Crippen LogP contribution in [0.1, 0.15) is 64.8 Å². The fourth-order valence-electron chi connectivity index (χ4n) is 6.05. The maximum absolute atomic E-state index is 13.9. The molecule has 1 atom stereocenters. The third-order valence-corrected chi connectivity index (χ3v) is 8.07. The molecule has 0 saturated heterocycles. The normalized spacial score (nSPS) is 18.8. The van der Waals surface area contributed by atoms with E-state index in [9.17, 15) is 32.3 Å². The molecule has 11 heteroatoms. The number of aromatic nitrogens is 2. The van der Waals surface area contributed by atoms with Crippen molar-refractivity contribution in [2.45, 2.75) is 50.2 Å². The van der Waals surface area contributed by atoms with Gasteiger partial charge in [0.05, 0.1) is 29.3 Å². The Morgan fingerprint density at radius 2 is 1.87 bits per heavy atom. The van der Waals surface area contributed by atoms with Gasteiger partial charge in [0.15, 0.2) is 0 Å². The van der Waals surface area contributed by atoms with Crippen LogP contribution in [0.2, 0.25) is 0 Å². The molecular formula is C28H24F3N3O5. The van der Waals surface area contributed by atoms with Crippen molar-refractivity contribution in [3.63, 3.8) is 0 Å². The number of likely N-dealkylation sites (N-methyl/N-ethyl adjacent to an activating group) is 1. The number of fused-ring (bicyclic) bond motifs is 3. The molecule has 2 heterocycles. The van der Waals surface area contributed by atoms with Crippen molar-refractivity contribution in [1.82, 2.24) is 9.13 Å². The highest BCUT2D eigenvalue weighted by Crippen LogP contribution is 2.57. The second kappa shape index (κ2) is 8.42. The third-order valence-electron chi connectivity index (χ3n) is 8.07. The van der Waals surface area contributed by atoms with Gasteiger partial charge in [0, 0.05) is 18.9 Å². The van der Waals surface area contributed by atoms with Gasteiger partial charge >= 0.3 is 17.8 Å². The van der Waals surface area contributed by atoms with Gasteiger partial charge in [-0.3, -0.25) is 18.7 Å². The second-order valence-electron chi connectivity index (χ2n) is 10.2. The number of anilines is 1. The first-order chi connectivity index (χ1) is 18.5. The van der Waals surface area contributed by atoms with Crippen molar-refractivity contribution >= 4 is 17.6 Å². The minimum Gasteiger partial charge on any atom is -0.462 e. The smallest absolute Gasteiger partial charge is 0.416 e. The van der Waals surface area contributed by atoms with Gasteiger partial charge in [-0.25, -0.2) is 9.59 Å². The van der Waals surface area contributed by atoms with Gasteiger partial charge in [0.2, 0.25) is 5.91 Å². The van der Waals surface area contributed by atoms with Crippen molar-refractivity contribution in [2.75, 3.05) is 18.6 Å². The van der Waals surface area contributed by atoms with Crippen LogP contribution in [0.5, 0.6) is 0 Å². The summed E-state index contributed by atoms with van der Waals surface area (Å²) in [5.41, 5.74) is -1.53. The standard InChI is InChI=1S/C28H24F3N3O5/c1-3-39-24(36)18-14-33(15-7-9-22-20(13-15)27(11-12-27)25(37)32(22)2)26(38)34(23(18)35)21-10-8-16-17(21)5-4-6-19(16)28(29,30)31/h4-7,9,13-14,21H,3,8,10-12H2,1-2H3/t21-/m1/s1. The van der Waals surface area contributed by atoms with Gasteiger partial charge in [-0.2, -0.15) is 13.2 Å². The van der Waals surface area contributed by atoms with E-state index in [0.29, 0.717) is 18.5 Å². The van der Waals surface area contributed by atoms with Gasteiger partial charge < -0.3 is 9.64 Å². The number of rotatable bonds is 4. The Bertz CT molecular complexity index is 1680. The van der Waals surface area contributed by atoms with Gasteiger partial charge in [0.1, 0.15) is 5.56 Å². The summed E-state index contributed by atoms with van der Waals surface area (Å²) in [5, 5.41) is 0. The van der Waals surface area contributed by atoms with Crippen LogP contribution in [0.4, 0.5) is 18.9 Å². The summed E-state index contributed by atoms with van der Waals surface area (Å²) in [7, 11) is 1.69. The van der Waals surface area contributed by atoms with E-state index in [0.717, 1.165) is 32.6 Å². The summed E-state index contributed by atoms with van der Waals surface area (Å²) in [6.45, 7) is 1.55. The summed E-state index contributed by atoms with van der Waals surface area (Å²) in [4.78, 5) is 54.6. The van der Waals surface area contributed by atoms with Crippen molar-refractivity contribution in [1.29, 1.82) is 0 Å². The lowest BCUT2D eigenvalue weighted by Crippen LogP contribution is -2.44. The first-order valence-corrected chi connectivity index (χ1v) is 12.7. The van der Waals surface area contributed by atoms with Crippen molar-refractivity contribution in [3.8, 4) is 5.69 Å². The zero-order valence-electron chi connectivity index (χ0n) is 21.2. The number of nitrogens with zero attached hydrogens (tertiary/aromatic N) is 3. The number of benzene rings is 2. The summed E-state index contributed by atoms with van der Waals surface area (Å²) in [6, 6.07) is 7.74. The van der Waals surface area contributed by atoms with Crippen LogP contribution in [0.25, 0.3) is 5.69 Å². The van der Waals surface area contributed by atoms with E-state index in [4.69, 9.17) is 4.74 Å². The second-order valence-corrected chi connectivity index (χ2v) is 10.2. The lowest BCUT2D eigenvalue weighted by atomic mass is 9.97. The summed E-state index contributed by atoms with van der Waals surface area (Å²) in [6.07, 6.45) is -2.03. The predicted molar refractivity (Wildman–Crippen MR) is 134 cm³/mol. The average molecular weight is 540 g/mol. The van der Waals surface area contributed by atoms with Crippen LogP contribution in [0.3, 0.4) is 0 Å². The molecule has 8 nitrogen and oxygen atoms in total. The van der Waals surface area contributed by atoms with Crippen molar-refractivity contribution in [2.24, 2.45) is 0 Å². The molecular weight excluding hydrogens is 515 g/mol. The molecule has 2 aliphatic carbocycles. The van der Waals surface area contributed by atoms with Crippen LogP contribution in [-0.4, -0.2) is 34.7 Å². The Balaban J connectivity index is 1.56. The summed E-state index contributed by atoms with van der Waals surface area (Å²) < 4.78 is 48.1. The SMILES string of the molecule is CCOC(=O)c1cn(-c2ccc3c(c2)C2(CC2)C(=O)N3C)c(=O)n([C@@H]2CCc3c2cccc3C(F)(F)F)c1=O. The molecule has 0 radical (unpaired) electrons. The van der Waals surface area contributed by atoms with E-state index in [1.54, 1.807) is 37.1 Å². The molecule has 0 unspecified atom stereocenters. The number of hydrogen-bond donors (Lipinski definition) is 0. The molecule has 3 aromatic rings. The molecule has 1 amide bonds. The van der Waals surface area contributed by atoms with E-state index in [-0.39, 0.29) is 36.5 Å². The number of hydrogen-bond acceptors (Lipinski definition) is 5. The summed E-state index contributed by atoms with van der Waals surface area (Å²) in [5.74, 6) is -0.968. The number of carbonyl (C=O) groups excluding carboxylic acids is 2. The molecule has 39 heavy (non-hydrogen) atoms. The lowest BCUT2D eigenvalue weighted by Gasteiger charge is -2.19. The maximum atomic E-state index is 13.9. The van der Waals surface area contributed by atoms with E-state index >= 15 is 0 Å². The van der Waals surface area contributed by atoms with E-state index < -0.39 is 46.0 Å². The van der Waals surface area contributed by atoms with Crippen LogP contribution in [0.15, 0.2) is 52.2 Å². The number of halogens is 3. The zero-order chi connectivity index (χ0) is 27.9. The van der Waals surface area contributed by atoms with E-state index in [1.165, 1.54) is 12.1 Å². The number of carbonyl (C=O) groups is 2. The molecule has 6 rings (SSSR count). The molecule has 2 aromatic carbocycles. The lowest BCUT2D eigenvalue weighted by molar-refractivity contribution is -0.138. The van der Waals surface area contributed by atoms with Gasteiger partial charge in [-0.05, 0) is 73.6 Å². The largest absolute Gasteiger partial charge is 0.462 e. The van der Waals surface area contributed by atoms with Crippen molar-refractivity contribution in [3.05, 3.63) is 91.3 Å². The minimum atomic E-state index is -4.59. The number of ether oxygens (including phenoxy) is 1. The highest BCUT2D eigenvalue weighted by Gasteiger charge is 2.58. The fourth-order valence-corrected chi connectivity index (χ4v) is 6.05. The van der Waals surface area contributed by atoms with Gasteiger partial charge in [-0.1, -0.05) is 12.1 Å². The minimum absolute atomic E-state index is 0.0149. The van der Waals surface area contributed by atoms with Crippen molar-refractivity contribution < 1.29 is 27.5 Å². The highest BCUT2D eigenvalue weighted by atomic mass is 19.4. The molecule has 1 fully saturated rings. The van der Waals surface area contributed by atoms with Crippen LogP contribution in [0, 0.1) is 0 Å². The Morgan fingerprint density at radius 3 is 2.54 bits per heavy atom.